The molecule has 1 atom stereocenters. The highest BCUT2D eigenvalue weighted by molar-refractivity contribution is 5.69. The molecule has 1 saturated heterocycles. The normalized spacial score (nSPS) is 17.3. The van der Waals surface area contributed by atoms with E-state index in [4.69, 9.17) is 4.74 Å². The summed E-state index contributed by atoms with van der Waals surface area (Å²) in [4.78, 5) is 14.3. The van der Waals surface area contributed by atoms with Crippen LogP contribution in [0.15, 0.2) is 30.3 Å². The number of carbonyl (C=O) groups is 1. The largest absolute Gasteiger partial charge is 0.444 e. The Morgan fingerprint density at radius 2 is 1.93 bits per heavy atom. The van der Waals surface area contributed by atoms with Gasteiger partial charge >= 0.3 is 6.09 Å². The Kier molecular flexibility index (Phi) is 5.82. The Bertz CT molecular complexity index is 764. The van der Waals surface area contributed by atoms with Crippen molar-refractivity contribution in [3.05, 3.63) is 47.5 Å². The highest BCUT2D eigenvalue weighted by atomic mass is 16.6. The zero-order chi connectivity index (χ0) is 19.4. The van der Waals surface area contributed by atoms with Gasteiger partial charge < -0.3 is 9.30 Å². The molecule has 0 N–H and O–H groups in total. The standard InChI is InChI=1S/C21H30N4O2/c1-21(2,3)27-20(26)25-15-9-13-17(25)19-23-22-18(24(19)4)14-8-12-16-10-6-5-7-11-16/h5-7,10-11,17H,8-9,12-15H2,1-4H3/t17-/m0/s1. The number of hydrogen-bond donors (Lipinski definition) is 0. The number of carbonyl (C=O) groups excluding carboxylic acids is 1. The molecule has 27 heavy (non-hydrogen) atoms. The van der Waals surface area contributed by atoms with Crippen molar-refractivity contribution in [1.82, 2.24) is 19.7 Å². The molecular weight excluding hydrogens is 340 g/mol. The third-order valence-electron chi connectivity index (χ3n) is 4.89. The number of nitrogens with zero attached hydrogens (tertiary/aromatic N) is 4. The molecule has 1 fully saturated rings. The van der Waals surface area contributed by atoms with Crippen molar-refractivity contribution in [1.29, 1.82) is 0 Å². The second-order valence-corrected chi connectivity index (χ2v) is 8.20. The predicted octanol–water partition coefficient (Wildman–Crippen LogP) is 4.06. The van der Waals surface area contributed by atoms with Gasteiger partial charge in [-0.15, -0.1) is 10.2 Å². The first kappa shape index (κ1) is 19.4. The van der Waals surface area contributed by atoms with Gasteiger partial charge in [0.15, 0.2) is 5.82 Å². The van der Waals surface area contributed by atoms with Crippen molar-refractivity contribution < 1.29 is 9.53 Å². The van der Waals surface area contributed by atoms with Crippen LogP contribution in [0, 0.1) is 0 Å². The Morgan fingerprint density at radius 1 is 1.19 bits per heavy atom. The maximum atomic E-state index is 12.5. The van der Waals surface area contributed by atoms with Crippen molar-refractivity contribution in [3.8, 4) is 0 Å². The summed E-state index contributed by atoms with van der Waals surface area (Å²) in [6.45, 7) is 6.38. The average molecular weight is 370 g/mol. The van der Waals surface area contributed by atoms with Crippen LogP contribution in [0.3, 0.4) is 0 Å². The molecule has 1 aromatic carbocycles. The number of ether oxygens (including phenoxy) is 1. The Morgan fingerprint density at radius 3 is 2.63 bits per heavy atom. The van der Waals surface area contributed by atoms with Crippen LogP contribution < -0.4 is 0 Å². The summed E-state index contributed by atoms with van der Waals surface area (Å²) in [6, 6.07) is 10.4. The molecule has 0 saturated carbocycles. The fourth-order valence-corrected chi connectivity index (χ4v) is 3.55. The number of benzene rings is 1. The van der Waals surface area contributed by atoms with Gasteiger partial charge in [0.05, 0.1) is 6.04 Å². The monoisotopic (exact) mass is 370 g/mol. The van der Waals surface area contributed by atoms with Crippen molar-refractivity contribution in [2.75, 3.05) is 6.54 Å². The van der Waals surface area contributed by atoms with E-state index < -0.39 is 5.60 Å². The van der Waals surface area contributed by atoms with E-state index in [2.05, 4.69) is 39.0 Å². The van der Waals surface area contributed by atoms with Crippen LogP contribution in [0.2, 0.25) is 0 Å². The molecule has 0 aliphatic carbocycles. The van der Waals surface area contributed by atoms with Crippen molar-refractivity contribution in [2.24, 2.45) is 7.05 Å². The molecule has 0 spiro atoms. The first-order valence-corrected chi connectivity index (χ1v) is 9.77. The lowest BCUT2D eigenvalue weighted by Crippen LogP contribution is -2.37. The summed E-state index contributed by atoms with van der Waals surface area (Å²) >= 11 is 0. The Hall–Kier alpha value is -2.37. The van der Waals surface area contributed by atoms with Crippen LogP contribution >= 0.6 is 0 Å². The minimum Gasteiger partial charge on any atom is -0.444 e. The second kappa shape index (κ2) is 8.11. The van der Waals surface area contributed by atoms with Gasteiger partial charge in [0.1, 0.15) is 11.4 Å². The number of hydrogen-bond acceptors (Lipinski definition) is 4. The molecule has 1 aliphatic rings. The number of aryl methyl sites for hydroxylation is 2. The van der Waals surface area contributed by atoms with E-state index in [-0.39, 0.29) is 12.1 Å². The lowest BCUT2D eigenvalue weighted by molar-refractivity contribution is 0.0216. The maximum absolute atomic E-state index is 12.5. The zero-order valence-electron chi connectivity index (χ0n) is 16.8. The van der Waals surface area contributed by atoms with Crippen LogP contribution in [0.4, 0.5) is 4.79 Å². The Labute approximate surface area is 161 Å². The van der Waals surface area contributed by atoms with Crippen molar-refractivity contribution >= 4 is 6.09 Å². The van der Waals surface area contributed by atoms with E-state index in [0.29, 0.717) is 6.54 Å². The molecule has 0 bridgehead atoms. The third kappa shape index (κ3) is 4.87. The summed E-state index contributed by atoms with van der Waals surface area (Å²) in [7, 11) is 2.00. The molecule has 6 nitrogen and oxygen atoms in total. The van der Waals surface area contributed by atoms with Gasteiger partial charge in [0.2, 0.25) is 0 Å². The summed E-state index contributed by atoms with van der Waals surface area (Å²) in [5.74, 6) is 1.82. The first-order valence-electron chi connectivity index (χ1n) is 9.77. The quantitative estimate of drug-likeness (QED) is 0.796. The summed E-state index contributed by atoms with van der Waals surface area (Å²) in [5, 5.41) is 8.81. The predicted molar refractivity (Wildman–Crippen MR) is 104 cm³/mol. The highest BCUT2D eigenvalue weighted by Gasteiger charge is 2.36. The maximum Gasteiger partial charge on any atom is 0.410 e. The first-order chi connectivity index (χ1) is 12.8. The van der Waals surface area contributed by atoms with Gasteiger partial charge in [0, 0.05) is 20.0 Å². The van der Waals surface area contributed by atoms with Gasteiger partial charge in [-0.1, -0.05) is 30.3 Å². The number of amides is 1. The number of aromatic nitrogens is 3. The lowest BCUT2D eigenvalue weighted by Gasteiger charge is -2.28. The molecule has 1 amide bonds. The van der Waals surface area contributed by atoms with Gasteiger partial charge in [-0.25, -0.2) is 4.79 Å². The summed E-state index contributed by atoms with van der Waals surface area (Å²) in [6.07, 6.45) is 4.51. The average Bonchev–Trinajstić information content (AvgIpc) is 3.21. The molecule has 1 aromatic heterocycles. The van der Waals surface area contributed by atoms with Crippen LogP contribution in [-0.2, 0) is 24.6 Å². The highest BCUT2D eigenvalue weighted by Crippen LogP contribution is 2.32. The molecule has 0 radical (unpaired) electrons. The van der Waals surface area contributed by atoms with Gasteiger partial charge in [-0.3, -0.25) is 4.90 Å². The van der Waals surface area contributed by atoms with Crippen LogP contribution in [0.5, 0.6) is 0 Å². The lowest BCUT2D eigenvalue weighted by atomic mass is 10.1. The van der Waals surface area contributed by atoms with E-state index in [1.54, 1.807) is 4.90 Å². The van der Waals surface area contributed by atoms with E-state index in [9.17, 15) is 4.79 Å². The molecular formula is C21H30N4O2. The molecule has 0 unspecified atom stereocenters. The van der Waals surface area contributed by atoms with E-state index in [1.165, 1.54) is 5.56 Å². The second-order valence-electron chi connectivity index (χ2n) is 8.20. The minimum atomic E-state index is -0.493. The SMILES string of the molecule is Cn1c(CCCc2ccccc2)nnc1[C@@H]1CCCN1C(=O)OC(C)(C)C. The van der Waals surface area contributed by atoms with E-state index >= 15 is 0 Å². The van der Waals surface area contributed by atoms with Crippen LogP contribution in [0.1, 0.15) is 63.3 Å². The van der Waals surface area contributed by atoms with E-state index in [0.717, 1.165) is 43.8 Å². The molecule has 6 heteroatoms. The number of likely N-dealkylation sites (tertiary alicyclic amines) is 1. The third-order valence-corrected chi connectivity index (χ3v) is 4.89. The zero-order valence-corrected chi connectivity index (χ0v) is 16.8. The molecule has 146 valence electrons. The van der Waals surface area contributed by atoms with Crippen LogP contribution in [-0.4, -0.2) is 37.9 Å². The minimum absolute atomic E-state index is 0.0553. The summed E-state index contributed by atoms with van der Waals surface area (Å²) < 4.78 is 7.62. The molecule has 3 rings (SSSR count). The van der Waals surface area contributed by atoms with Crippen molar-refractivity contribution in [3.63, 3.8) is 0 Å². The fraction of sp³-hybridized carbons (Fsp3) is 0.571. The topological polar surface area (TPSA) is 60.2 Å². The summed E-state index contributed by atoms with van der Waals surface area (Å²) in [5.41, 5.74) is 0.846. The van der Waals surface area contributed by atoms with Crippen molar-refractivity contribution in [2.45, 2.75) is 64.5 Å². The molecule has 1 aliphatic heterocycles. The Balaban J connectivity index is 1.64. The van der Waals surface area contributed by atoms with Crippen LogP contribution in [0.25, 0.3) is 0 Å². The molecule has 2 heterocycles. The molecule has 2 aromatic rings. The number of rotatable bonds is 5. The smallest absolute Gasteiger partial charge is 0.410 e. The van der Waals surface area contributed by atoms with Gasteiger partial charge in [0.25, 0.3) is 0 Å². The van der Waals surface area contributed by atoms with Gasteiger partial charge in [-0.05, 0) is 52.0 Å². The van der Waals surface area contributed by atoms with Gasteiger partial charge in [-0.2, -0.15) is 0 Å². The fourth-order valence-electron chi connectivity index (χ4n) is 3.55. The van der Waals surface area contributed by atoms with E-state index in [1.807, 2.05) is 33.9 Å².